The van der Waals surface area contributed by atoms with Gasteiger partial charge in [-0.05, 0) is 55.5 Å². The summed E-state index contributed by atoms with van der Waals surface area (Å²) < 4.78 is 6.51. The van der Waals surface area contributed by atoms with Crippen LogP contribution in [0.15, 0.2) is 60.7 Å². The monoisotopic (exact) mass is 550 g/mol. The highest BCUT2D eigenvalue weighted by Crippen LogP contribution is 2.58. The topological polar surface area (TPSA) is 70.8 Å². The Morgan fingerprint density at radius 2 is 1.46 bits per heavy atom. The van der Waals surface area contributed by atoms with Crippen LogP contribution in [0, 0.1) is 0 Å². The molecule has 5 rings (SSSR count). The molecule has 1 amide bonds. The summed E-state index contributed by atoms with van der Waals surface area (Å²) in [7, 11) is 8.29. The number of rotatable bonds is 7. The lowest BCUT2D eigenvalue weighted by Crippen LogP contribution is -2.30. The Hall–Kier alpha value is -3.22. The average Bonchev–Trinajstić information content (AvgIpc) is 3.28. The average molecular weight is 551 g/mol. The fraction of sp³-hybridized carbons (Fsp3) is 0.406. The number of unbranched alkanes of at least 4 members (excludes halogenated alkanes) is 2. The van der Waals surface area contributed by atoms with E-state index < -0.39 is 0 Å². The predicted molar refractivity (Wildman–Crippen MR) is 165 cm³/mol. The zero-order chi connectivity index (χ0) is 27.3. The second-order valence-corrected chi connectivity index (χ2v) is 10.6. The number of aryl methyl sites for hydroxylation is 1. The standard InChI is InChI=1S/C25H26N2O.C7H16N2O.ClH/c1-26(2)18-9-11-21-23(15-18)28-24-16-19(27(3)4)10-12-22(24)25(21)14-13-17-7-5-6-8-20(17)25;1-7(10)9-6-4-2-3-5-8;/h5-12,15-16H,13-14H2,1-4H3;2-6,8H2,1H3,(H,9,10);1H. The Bertz CT molecular complexity index is 1220. The molecule has 1 aliphatic heterocycles. The van der Waals surface area contributed by atoms with Crippen LogP contribution in [0.1, 0.15) is 54.9 Å². The van der Waals surface area contributed by atoms with Gasteiger partial charge < -0.3 is 25.6 Å². The van der Waals surface area contributed by atoms with Crippen LogP contribution in [0.5, 0.6) is 11.5 Å². The number of halogens is 1. The normalized spacial score (nSPS) is 13.5. The minimum atomic E-state index is -0.130. The maximum Gasteiger partial charge on any atom is 0.216 e. The fourth-order valence-corrected chi connectivity index (χ4v) is 5.60. The molecule has 0 saturated carbocycles. The Balaban J connectivity index is 0.000000330. The lowest BCUT2D eigenvalue weighted by Gasteiger charge is -2.39. The minimum Gasteiger partial charge on any atom is -0.457 e. The lowest BCUT2D eigenvalue weighted by molar-refractivity contribution is -0.118. The first kappa shape index (κ1) is 30.3. The summed E-state index contributed by atoms with van der Waals surface area (Å²) in [6.07, 6.45) is 5.38. The summed E-state index contributed by atoms with van der Waals surface area (Å²) in [4.78, 5) is 14.6. The number of hydrogen-bond donors (Lipinski definition) is 2. The molecule has 0 bridgehead atoms. The number of anilines is 2. The van der Waals surface area contributed by atoms with Gasteiger partial charge in [0, 0.05) is 76.3 Å². The van der Waals surface area contributed by atoms with Gasteiger partial charge in [-0.3, -0.25) is 4.79 Å². The molecule has 3 N–H and O–H groups in total. The van der Waals surface area contributed by atoms with E-state index in [9.17, 15) is 4.79 Å². The van der Waals surface area contributed by atoms with Crippen molar-refractivity contribution in [1.29, 1.82) is 0 Å². The van der Waals surface area contributed by atoms with Crippen molar-refractivity contribution >= 4 is 29.7 Å². The van der Waals surface area contributed by atoms with Crippen LogP contribution in [0.25, 0.3) is 0 Å². The Morgan fingerprint density at radius 1 is 0.872 bits per heavy atom. The molecular formula is C32H43ClN4O2. The second kappa shape index (κ2) is 13.2. The molecule has 2 aliphatic rings. The van der Waals surface area contributed by atoms with Crippen LogP contribution in [0.3, 0.4) is 0 Å². The van der Waals surface area contributed by atoms with Gasteiger partial charge >= 0.3 is 0 Å². The first-order chi connectivity index (χ1) is 18.3. The van der Waals surface area contributed by atoms with Gasteiger partial charge in [0.1, 0.15) is 11.5 Å². The molecule has 0 radical (unpaired) electrons. The van der Waals surface area contributed by atoms with Gasteiger partial charge in [-0.1, -0.05) is 42.8 Å². The van der Waals surface area contributed by atoms with Crippen molar-refractivity contribution in [3.63, 3.8) is 0 Å². The molecule has 0 saturated heterocycles. The van der Waals surface area contributed by atoms with Crippen LogP contribution >= 0.6 is 12.4 Å². The molecule has 3 aromatic rings. The smallest absolute Gasteiger partial charge is 0.216 e. The van der Waals surface area contributed by atoms with E-state index in [0.717, 1.165) is 68.1 Å². The number of nitrogens with two attached hydrogens (primary N) is 1. The van der Waals surface area contributed by atoms with Gasteiger partial charge in [0.2, 0.25) is 5.91 Å². The molecule has 0 fully saturated rings. The van der Waals surface area contributed by atoms with Crippen molar-refractivity contribution in [2.75, 3.05) is 51.1 Å². The largest absolute Gasteiger partial charge is 0.457 e. The Labute approximate surface area is 239 Å². The summed E-state index contributed by atoms with van der Waals surface area (Å²) >= 11 is 0. The SMILES string of the molecule is CC(=O)NCCCCCN.CN(C)c1ccc2c(c1)Oc1cc(N(C)C)ccc1C21CCc2ccccc21.Cl. The number of fused-ring (bicyclic) bond motifs is 6. The molecule has 39 heavy (non-hydrogen) atoms. The van der Waals surface area contributed by atoms with Crippen LogP contribution in [0.2, 0.25) is 0 Å². The van der Waals surface area contributed by atoms with Crippen LogP contribution in [0.4, 0.5) is 11.4 Å². The number of amides is 1. The maximum atomic E-state index is 10.3. The van der Waals surface area contributed by atoms with Crippen molar-refractivity contribution in [3.05, 3.63) is 82.9 Å². The van der Waals surface area contributed by atoms with E-state index >= 15 is 0 Å². The van der Waals surface area contributed by atoms with Crippen LogP contribution < -0.4 is 25.6 Å². The molecule has 1 aliphatic carbocycles. The first-order valence-corrected chi connectivity index (χ1v) is 13.6. The van der Waals surface area contributed by atoms with E-state index in [1.165, 1.54) is 29.2 Å². The molecule has 7 heteroatoms. The highest BCUT2D eigenvalue weighted by atomic mass is 35.5. The van der Waals surface area contributed by atoms with Crippen molar-refractivity contribution in [2.45, 2.75) is 44.4 Å². The number of carbonyl (C=O) groups excluding carboxylic acids is 1. The number of carbonyl (C=O) groups is 1. The third kappa shape index (κ3) is 6.34. The van der Waals surface area contributed by atoms with Crippen LogP contribution in [-0.2, 0) is 16.6 Å². The molecule has 210 valence electrons. The van der Waals surface area contributed by atoms with Crippen molar-refractivity contribution in [2.24, 2.45) is 5.73 Å². The van der Waals surface area contributed by atoms with E-state index in [2.05, 4.69) is 104 Å². The van der Waals surface area contributed by atoms with Gasteiger partial charge in [-0.15, -0.1) is 12.4 Å². The van der Waals surface area contributed by atoms with Crippen molar-refractivity contribution in [3.8, 4) is 11.5 Å². The zero-order valence-electron chi connectivity index (χ0n) is 23.9. The maximum absolute atomic E-state index is 10.3. The van der Waals surface area contributed by atoms with E-state index in [1.54, 1.807) is 0 Å². The Kier molecular flexibility index (Phi) is 10.3. The molecule has 1 spiro atoms. The number of nitrogens with zero attached hydrogens (tertiary/aromatic N) is 2. The molecule has 6 nitrogen and oxygen atoms in total. The fourth-order valence-electron chi connectivity index (χ4n) is 5.60. The van der Waals surface area contributed by atoms with E-state index in [1.807, 2.05) is 0 Å². The number of nitrogens with one attached hydrogen (secondary N) is 1. The highest BCUT2D eigenvalue weighted by Gasteiger charge is 2.47. The molecule has 3 aromatic carbocycles. The first-order valence-electron chi connectivity index (χ1n) is 13.6. The van der Waals surface area contributed by atoms with Crippen molar-refractivity contribution in [1.82, 2.24) is 5.32 Å². The third-order valence-electron chi connectivity index (χ3n) is 7.60. The molecule has 1 heterocycles. The highest BCUT2D eigenvalue weighted by molar-refractivity contribution is 5.85. The zero-order valence-corrected chi connectivity index (χ0v) is 24.7. The molecule has 0 atom stereocenters. The summed E-state index contributed by atoms with van der Waals surface area (Å²) in [5, 5.41) is 2.72. The summed E-state index contributed by atoms with van der Waals surface area (Å²) in [6.45, 7) is 3.07. The second-order valence-electron chi connectivity index (χ2n) is 10.6. The summed E-state index contributed by atoms with van der Waals surface area (Å²) in [6, 6.07) is 22.3. The Morgan fingerprint density at radius 3 is 2.00 bits per heavy atom. The summed E-state index contributed by atoms with van der Waals surface area (Å²) in [5.74, 6) is 2.00. The van der Waals surface area contributed by atoms with Gasteiger partial charge in [0.15, 0.2) is 0 Å². The number of hydrogen-bond acceptors (Lipinski definition) is 5. The van der Waals surface area contributed by atoms with E-state index in [0.29, 0.717) is 0 Å². The number of benzene rings is 3. The summed E-state index contributed by atoms with van der Waals surface area (Å²) in [5.41, 5.74) is 12.9. The molecule has 0 aromatic heterocycles. The van der Waals surface area contributed by atoms with Gasteiger partial charge in [0.25, 0.3) is 0 Å². The van der Waals surface area contributed by atoms with E-state index in [4.69, 9.17) is 10.5 Å². The lowest BCUT2D eigenvalue weighted by atomic mass is 9.68. The van der Waals surface area contributed by atoms with E-state index in [-0.39, 0.29) is 23.7 Å². The predicted octanol–water partition coefficient (Wildman–Crippen LogP) is 5.88. The number of ether oxygens (including phenoxy) is 1. The minimum absolute atomic E-state index is 0. The molecule has 0 unspecified atom stereocenters. The van der Waals surface area contributed by atoms with Crippen molar-refractivity contribution < 1.29 is 9.53 Å². The third-order valence-corrected chi connectivity index (χ3v) is 7.60. The van der Waals surface area contributed by atoms with Gasteiger partial charge in [-0.2, -0.15) is 0 Å². The molecular weight excluding hydrogens is 508 g/mol. The van der Waals surface area contributed by atoms with Crippen LogP contribution in [-0.4, -0.2) is 47.2 Å². The van der Waals surface area contributed by atoms with Gasteiger partial charge in [-0.25, -0.2) is 0 Å². The van der Waals surface area contributed by atoms with Gasteiger partial charge in [0.05, 0.1) is 5.41 Å². The quantitative estimate of drug-likeness (QED) is 0.360.